The fourth-order valence-corrected chi connectivity index (χ4v) is 3.67. The van der Waals surface area contributed by atoms with Gasteiger partial charge in [0.1, 0.15) is 26.2 Å². The molecule has 2 rings (SSSR count). The van der Waals surface area contributed by atoms with Gasteiger partial charge >= 0.3 is 0 Å². The minimum absolute atomic E-state index is 0.0155. The summed E-state index contributed by atoms with van der Waals surface area (Å²) in [7, 11) is 5.35. The maximum Gasteiger partial charge on any atom is 0.142 e. The molecule has 0 aromatic heterocycles. The van der Waals surface area contributed by atoms with Gasteiger partial charge in [-0.3, -0.25) is 0 Å². The minimum atomic E-state index is -0.108. The molecule has 2 fully saturated rings. The molecule has 0 saturated carbocycles. The molecule has 2 aliphatic rings. The van der Waals surface area contributed by atoms with Crippen LogP contribution in [0.4, 0.5) is 0 Å². The van der Waals surface area contributed by atoms with Gasteiger partial charge in [0.2, 0.25) is 0 Å². The molecule has 0 aliphatic carbocycles. The van der Waals surface area contributed by atoms with Gasteiger partial charge in [0.15, 0.2) is 0 Å². The number of ether oxygens (including phenoxy) is 6. The highest BCUT2D eigenvalue weighted by atomic mass is 16.6. The van der Waals surface area contributed by atoms with Gasteiger partial charge in [-0.05, 0) is 25.9 Å². The third kappa shape index (κ3) is 7.42. The second kappa shape index (κ2) is 13.0. The van der Waals surface area contributed by atoms with Crippen molar-refractivity contribution in [3.63, 3.8) is 0 Å². The van der Waals surface area contributed by atoms with Crippen LogP contribution in [0.3, 0.4) is 0 Å². The molecule has 0 amide bonds. The van der Waals surface area contributed by atoms with Crippen LogP contribution in [-0.4, -0.2) is 111 Å². The van der Waals surface area contributed by atoms with Crippen molar-refractivity contribution in [1.29, 1.82) is 0 Å². The quantitative estimate of drug-likeness (QED) is 0.330. The van der Waals surface area contributed by atoms with Crippen molar-refractivity contribution in [3.05, 3.63) is 0 Å². The lowest BCUT2D eigenvalue weighted by Crippen LogP contribution is -2.39. The molecule has 0 N–H and O–H groups in total. The van der Waals surface area contributed by atoms with Crippen LogP contribution >= 0.6 is 0 Å². The Bertz CT molecular complexity index is 359. The first-order valence-electron chi connectivity index (χ1n) is 9.93. The Morgan fingerprint density at radius 2 is 1.62 bits per heavy atom. The number of piperidine rings is 1. The number of hydrogen-bond donors (Lipinski definition) is 0. The first-order chi connectivity index (χ1) is 12.8. The van der Waals surface area contributed by atoms with E-state index in [1.54, 1.807) is 14.2 Å². The Morgan fingerprint density at radius 1 is 0.923 bits per heavy atom. The SMILES string of the molecule is B[C@@H]1O[C@H](COC)C(OC)[C@@H]1OCCOCCOCCN1CCCCC1. The summed E-state index contributed by atoms with van der Waals surface area (Å²) in [6, 6.07) is -0.0155. The van der Waals surface area contributed by atoms with Gasteiger partial charge in [0, 0.05) is 20.8 Å². The van der Waals surface area contributed by atoms with E-state index in [1.807, 2.05) is 7.85 Å². The molecule has 0 bridgehead atoms. The predicted molar refractivity (Wildman–Crippen MR) is 102 cm³/mol. The number of nitrogens with zero attached hydrogens (tertiary/aromatic N) is 1. The van der Waals surface area contributed by atoms with Gasteiger partial charge in [-0.2, -0.15) is 0 Å². The predicted octanol–water partition coefficient (Wildman–Crippen LogP) is -0.0899. The monoisotopic (exact) mass is 373 g/mol. The Kier molecular flexibility index (Phi) is 11.1. The van der Waals surface area contributed by atoms with Crippen molar-refractivity contribution in [2.45, 2.75) is 43.6 Å². The van der Waals surface area contributed by atoms with Gasteiger partial charge in [-0.25, -0.2) is 0 Å². The summed E-state index contributed by atoms with van der Waals surface area (Å²) in [5.41, 5.74) is 0. The van der Waals surface area contributed by atoms with E-state index in [9.17, 15) is 0 Å². The molecule has 4 atom stereocenters. The molecule has 26 heavy (non-hydrogen) atoms. The Labute approximate surface area is 159 Å². The van der Waals surface area contributed by atoms with Crippen LogP contribution in [0.15, 0.2) is 0 Å². The molecular formula is C18H36BNO6. The fourth-order valence-electron chi connectivity index (χ4n) is 3.67. The van der Waals surface area contributed by atoms with Crippen molar-refractivity contribution in [1.82, 2.24) is 4.90 Å². The van der Waals surface area contributed by atoms with Crippen molar-refractivity contribution >= 4 is 7.85 Å². The molecule has 0 spiro atoms. The van der Waals surface area contributed by atoms with E-state index < -0.39 is 0 Å². The summed E-state index contributed by atoms with van der Waals surface area (Å²) in [5, 5.41) is 0. The van der Waals surface area contributed by atoms with Gasteiger partial charge in [-0.1, -0.05) is 6.42 Å². The highest BCUT2D eigenvalue weighted by Crippen LogP contribution is 2.24. The van der Waals surface area contributed by atoms with E-state index >= 15 is 0 Å². The van der Waals surface area contributed by atoms with Gasteiger partial charge in [0.25, 0.3) is 0 Å². The fraction of sp³-hybridized carbons (Fsp3) is 1.00. The standard InChI is InChI=1S/C18H36BNO6/c1-21-14-15-16(22-2)17(18(19)26-15)25-13-12-24-11-10-23-9-8-20-6-4-3-5-7-20/h15-18H,3-14,19H2,1-2H3/t15-,16?,17+,18-/m1/s1. The van der Waals surface area contributed by atoms with E-state index in [1.165, 1.54) is 32.4 Å². The zero-order valence-electron chi connectivity index (χ0n) is 16.7. The molecule has 1 unspecified atom stereocenters. The maximum atomic E-state index is 5.92. The first-order valence-corrected chi connectivity index (χ1v) is 9.93. The van der Waals surface area contributed by atoms with E-state index in [0.717, 1.165) is 13.2 Å². The molecule has 2 saturated heterocycles. The molecule has 0 aromatic rings. The van der Waals surface area contributed by atoms with Crippen LogP contribution in [0.25, 0.3) is 0 Å². The minimum Gasteiger partial charge on any atom is -0.382 e. The van der Waals surface area contributed by atoms with Crippen LogP contribution < -0.4 is 0 Å². The highest BCUT2D eigenvalue weighted by Gasteiger charge is 2.43. The largest absolute Gasteiger partial charge is 0.382 e. The molecular weight excluding hydrogens is 337 g/mol. The lowest BCUT2D eigenvalue weighted by atomic mass is 9.93. The maximum absolute atomic E-state index is 5.92. The molecule has 7 nitrogen and oxygen atoms in total. The molecule has 2 aliphatic heterocycles. The van der Waals surface area contributed by atoms with E-state index in [-0.39, 0.29) is 24.3 Å². The summed E-state index contributed by atoms with van der Waals surface area (Å²) in [6.45, 7) is 7.05. The van der Waals surface area contributed by atoms with E-state index in [2.05, 4.69) is 4.90 Å². The van der Waals surface area contributed by atoms with Crippen LogP contribution in [-0.2, 0) is 28.4 Å². The zero-order valence-corrected chi connectivity index (χ0v) is 16.7. The van der Waals surface area contributed by atoms with Crippen LogP contribution in [0.5, 0.6) is 0 Å². The summed E-state index contributed by atoms with van der Waals surface area (Å²) in [4.78, 5) is 2.48. The lowest BCUT2D eigenvalue weighted by Gasteiger charge is -2.26. The Hall–Kier alpha value is -0.215. The van der Waals surface area contributed by atoms with Crippen molar-refractivity contribution in [2.75, 3.05) is 73.5 Å². The zero-order chi connectivity index (χ0) is 18.6. The number of rotatable bonds is 13. The second-order valence-electron chi connectivity index (χ2n) is 7.00. The second-order valence-corrected chi connectivity index (χ2v) is 7.00. The van der Waals surface area contributed by atoms with Gasteiger partial charge in [0.05, 0.1) is 45.6 Å². The summed E-state index contributed by atoms with van der Waals surface area (Å²) >= 11 is 0. The molecule has 152 valence electrons. The van der Waals surface area contributed by atoms with Crippen LogP contribution in [0.1, 0.15) is 19.3 Å². The highest BCUT2D eigenvalue weighted by molar-refractivity contribution is 6.11. The molecule has 0 radical (unpaired) electrons. The Balaban J connectivity index is 1.45. The summed E-state index contributed by atoms with van der Waals surface area (Å²) in [5.74, 6) is 0. The Morgan fingerprint density at radius 3 is 2.31 bits per heavy atom. The van der Waals surface area contributed by atoms with E-state index in [4.69, 9.17) is 28.4 Å². The molecule has 0 aromatic carbocycles. The number of hydrogen-bond acceptors (Lipinski definition) is 7. The first kappa shape index (κ1) is 22.1. The number of likely N-dealkylation sites (tertiary alicyclic amines) is 1. The topological polar surface area (TPSA) is 58.6 Å². The number of methoxy groups -OCH3 is 2. The van der Waals surface area contributed by atoms with Gasteiger partial charge < -0.3 is 33.3 Å². The normalized spacial score (nSPS) is 30.1. The summed E-state index contributed by atoms with van der Waals surface area (Å²) < 4.78 is 33.7. The average Bonchev–Trinajstić information content (AvgIpc) is 2.96. The van der Waals surface area contributed by atoms with Crippen molar-refractivity contribution < 1.29 is 28.4 Å². The van der Waals surface area contributed by atoms with Crippen molar-refractivity contribution in [3.8, 4) is 0 Å². The third-order valence-corrected chi connectivity index (χ3v) is 5.06. The van der Waals surface area contributed by atoms with Crippen molar-refractivity contribution in [2.24, 2.45) is 0 Å². The summed E-state index contributed by atoms with van der Waals surface area (Å²) in [6.07, 6.45) is 3.73. The van der Waals surface area contributed by atoms with Crippen LogP contribution in [0.2, 0.25) is 0 Å². The molecule has 2 heterocycles. The van der Waals surface area contributed by atoms with E-state index in [0.29, 0.717) is 33.0 Å². The van der Waals surface area contributed by atoms with Crippen LogP contribution in [0, 0.1) is 0 Å². The molecule has 8 heteroatoms. The lowest BCUT2D eigenvalue weighted by molar-refractivity contribution is -0.0682. The van der Waals surface area contributed by atoms with Gasteiger partial charge in [-0.15, -0.1) is 0 Å². The third-order valence-electron chi connectivity index (χ3n) is 5.06. The average molecular weight is 373 g/mol. The smallest absolute Gasteiger partial charge is 0.142 e.